The van der Waals surface area contributed by atoms with Gasteiger partial charge in [-0.2, -0.15) is 0 Å². The van der Waals surface area contributed by atoms with Crippen molar-refractivity contribution in [2.24, 2.45) is 0 Å². The van der Waals surface area contributed by atoms with Gasteiger partial charge in [0, 0.05) is 39.4 Å². The van der Waals surface area contributed by atoms with E-state index in [0.29, 0.717) is 11.4 Å². The number of fused-ring (bicyclic) bond motifs is 2. The van der Waals surface area contributed by atoms with Crippen LogP contribution in [0.2, 0.25) is 0 Å². The van der Waals surface area contributed by atoms with E-state index in [2.05, 4.69) is 233 Å². The fourth-order valence-electron chi connectivity index (χ4n) is 9.70. The van der Waals surface area contributed by atoms with E-state index in [4.69, 9.17) is 14.4 Å². The van der Waals surface area contributed by atoms with Crippen molar-refractivity contribution in [1.82, 2.24) is 14.5 Å². The summed E-state index contributed by atoms with van der Waals surface area (Å²) in [7, 11) is 0. The first-order chi connectivity index (χ1) is 33.6. The third-order valence-electron chi connectivity index (χ3n) is 14.0. The number of phenols is 1. The number of furan rings is 1. The van der Waals surface area contributed by atoms with Gasteiger partial charge in [-0.1, -0.05) is 186 Å². The maximum atomic E-state index is 12.6. The minimum atomic E-state index is -0.334. The second kappa shape index (κ2) is 17.4. The molecule has 0 aliphatic heterocycles. The zero-order valence-corrected chi connectivity index (χ0v) is 43.4. The molecular weight excluding hydrogens is 867 g/mol. The molecule has 5 nitrogen and oxygen atoms in total. The molecule has 0 amide bonds. The Bertz CT molecular complexity index is 3580. The van der Waals surface area contributed by atoms with Gasteiger partial charge in [0.15, 0.2) is 0 Å². The van der Waals surface area contributed by atoms with Crippen LogP contribution in [-0.4, -0.2) is 19.6 Å². The highest BCUT2D eigenvalue weighted by Crippen LogP contribution is 2.46. The Morgan fingerprint density at radius 3 is 1.79 bits per heavy atom. The maximum Gasteiger partial charge on any atom is 0.149 e. The molecule has 0 atom stereocenters. The lowest BCUT2D eigenvalue weighted by Crippen LogP contribution is -2.17. The molecule has 0 fully saturated rings. The Labute approximate surface area is 419 Å². The van der Waals surface area contributed by atoms with Crippen LogP contribution in [0.3, 0.4) is 0 Å². The highest BCUT2D eigenvalue weighted by Gasteiger charge is 2.30. The lowest BCUT2D eigenvalue weighted by atomic mass is 9.79. The molecule has 71 heavy (non-hydrogen) atoms. The van der Waals surface area contributed by atoms with Crippen molar-refractivity contribution in [3.8, 4) is 78.8 Å². The van der Waals surface area contributed by atoms with Gasteiger partial charge in [0.25, 0.3) is 0 Å². The first-order valence-electron chi connectivity index (χ1n) is 24.9. The van der Waals surface area contributed by atoms with E-state index in [1.165, 1.54) is 11.1 Å². The van der Waals surface area contributed by atoms with Crippen molar-refractivity contribution in [3.63, 3.8) is 0 Å². The maximum absolute atomic E-state index is 12.6. The van der Waals surface area contributed by atoms with Crippen LogP contribution in [0.15, 0.2) is 174 Å². The highest BCUT2D eigenvalue weighted by atomic mass is 16.3. The van der Waals surface area contributed by atoms with Gasteiger partial charge in [0.1, 0.15) is 22.9 Å². The smallest absolute Gasteiger partial charge is 0.149 e. The number of para-hydroxylation sites is 2. The molecule has 7 aromatic carbocycles. The summed E-state index contributed by atoms with van der Waals surface area (Å²) in [5, 5.41) is 13.7. The molecule has 10 aromatic rings. The van der Waals surface area contributed by atoms with Gasteiger partial charge < -0.3 is 9.52 Å². The van der Waals surface area contributed by atoms with Crippen LogP contribution in [0.1, 0.15) is 105 Å². The zero-order chi connectivity index (χ0) is 50.2. The predicted octanol–water partition coefficient (Wildman–Crippen LogP) is 18.1. The number of phenolic OH excluding ortho intramolecular Hbond substituents is 1. The van der Waals surface area contributed by atoms with E-state index in [0.717, 1.165) is 94.8 Å². The summed E-state index contributed by atoms with van der Waals surface area (Å²) >= 11 is 0. The monoisotopic (exact) mass is 932 g/mol. The molecule has 0 aliphatic carbocycles. The Morgan fingerprint density at radius 2 is 1.10 bits per heavy atom. The van der Waals surface area contributed by atoms with E-state index in [1.54, 1.807) is 0 Å². The third kappa shape index (κ3) is 9.11. The minimum absolute atomic E-state index is 0.0823. The molecule has 356 valence electrons. The number of pyridine rings is 1. The normalized spacial score (nSPS) is 12.6. The molecule has 3 heterocycles. The molecule has 0 bridgehead atoms. The number of nitrogens with zero attached hydrogens (tertiary/aromatic N) is 3. The number of rotatable bonds is 7. The fourth-order valence-corrected chi connectivity index (χ4v) is 9.70. The van der Waals surface area contributed by atoms with Gasteiger partial charge >= 0.3 is 0 Å². The number of aromatic nitrogens is 3. The van der Waals surface area contributed by atoms with Crippen LogP contribution in [0.4, 0.5) is 0 Å². The fraction of sp³-hybridized carbons (Fsp3) is 0.242. The standard InChI is InChI=1S/C66H65N3O2/c1-63(2,3)48-29-30-56(52(38-48)42-19-14-13-15-20-42)69-57-23-18-22-51(60(57)68-62(69)53-39-50(65(7,8)9)40-54(61(53)70)66(10,11)12)46-33-47(35-49(34-46)64(4,5)6)55-36-44(31-32-67-55)41-25-27-43(28-26-41)59-37-45-21-16-17-24-58(45)71-59/h13-40,70H,1-12H3. The van der Waals surface area contributed by atoms with Crippen molar-refractivity contribution in [3.05, 3.63) is 192 Å². The van der Waals surface area contributed by atoms with Crippen LogP contribution < -0.4 is 0 Å². The summed E-state index contributed by atoms with van der Waals surface area (Å²) in [5.74, 6) is 1.80. The highest BCUT2D eigenvalue weighted by molar-refractivity contribution is 5.98. The van der Waals surface area contributed by atoms with Crippen LogP contribution in [0, 0.1) is 0 Å². The van der Waals surface area contributed by atoms with Crippen LogP contribution in [-0.2, 0) is 21.7 Å². The molecule has 3 aromatic heterocycles. The van der Waals surface area contributed by atoms with Crippen molar-refractivity contribution in [2.45, 2.75) is 105 Å². The summed E-state index contributed by atoms with van der Waals surface area (Å²) in [6, 6.07) is 58.3. The molecule has 0 aliphatic rings. The lowest BCUT2D eigenvalue weighted by molar-refractivity contribution is 0.446. The number of imidazole rings is 1. The first-order valence-corrected chi connectivity index (χ1v) is 24.9. The number of benzene rings is 7. The van der Waals surface area contributed by atoms with E-state index >= 15 is 0 Å². The van der Waals surface area contributed by atoms with E-state index in [1.807, 2.05) is 24.4 Å². The van der Waals surface area contributed by atoms with E-state index in [-0.39, 0.29) is 27.4 Å². The Morgan fingerprint density at radius 1 is 0.451 bits per heavy atom. The Kier molecular flexibility index (Phi) is 11.6. The van der Waals surface area contributed by atoms with E-state index in [9.17, 15) is 5.11 Å². The zero-order valence-electron chi connectivity index (χ0n) is 43.4. The summed E-state index contributed by atoms with van der Waals surface area (Å²) < 4.78 is 8.49. The van der Waals surface area contributed by atoms with Gasteiger partial charge in [-0.05, 0) is 121 Å². The second-order valence-electron chi connectivity index (χ2n) is 23.4. The van der Waals surface area contributed by atoms with Gasteiger partial charge in [-0.15, -0.1) is 0 Å². The Hall–Kier alpha value is -7.50. The molecule has 5 heteroatoms. The first kappa shape index (κ1) is 47.2. The van der Waals surface area contributed by atoms with Crippen LogP contribution in [0.5, 0.6) is 5.75 Å². The van der Waals surface area contributed by atoms with Crippen LogP contribution >= 0.6 is 0 Å². The van der Waals surface area contributed by atoms with Crippen molar-refractivity contribution in [1.29, 1.82) is 0 Å². The SMILES string of the molecule is CC(C)(C)c1cc(-c2cc(-c3ccc(-c4cc5ccccc5o4)cc3)ccn2)cc(-c2cccc3c2nc(-c2cc(C(C)(C)C)cc(C(C)(C)C)c2O)n3-c2ccc(C(C)(C)C)cc2-c2ccccc2)c1. The molecule has 0 unspecified atom stereocenters. The molecule has 0 saturated heterocycles. The average molecular weight is 932 g/mol. The predicted molar refractivity (Wildman–Crippen MR) is 298 cm³/mol. The quantitative estimate of drug-likeness (QED) is 0.173. The topological polar surface area (TPSA) is 64.1 Å². The summed E-state index contributed by atoms with van der Waals surface area (Å²) in [4.78, 5) is 10.7. The van der Waals surface area contributed by atoms with Crippen molar-refractivity contribution >= 4 is 22.0 Å². The molecule has 0 saturated carbocycles. The van der Waals surface area contributed by atoms with Crippen molar-refractivity contribution < 1.29 is 9.52 Å². The number of hydrogen-bond acceptors (Lipinski definition) is 4. The molecule has 0 radical (unpaired) electrons. The minimum Gasteiger partial charge on any atom is -0.507 e. The van der Waals surface area contributed by atoms with Gasteiger partial charge in [0.2, 0.25) is 0 Å². The Balaban J connectivity index is 1.18. The largest absolute Gasteiger partial charge is 0.507 e. The second-order valence-corrected chi connectivity index (χ2v) is 23.4. The van der Waals surface area contributed by atoms with E-state index < -0.39 is 0 Å². The number of hydrogen-bond donors (Lipinski definition) is 1. The van der Waals surface area contributed by atoms with Crippen molar-refractivity contribution in [2.75, 3.05) is 0 Å². The van der Waals surface area contributed by atoms with Gasteiger partial charge in [-0.3, -0.25) is 9.55 Å². The summed E-state index contributed by atoms with van der Waals surface area (Å²) in [5.41, 5.74) is 17.5. The molecular formula is C66H65N3O2. The number of aromatic hydroxyl groups is 1. The van der Waals surface area contributed by atoms with Crippen LogP contribution in [0.25, 0.3) is 95.0 Å². The average Bonchev–Trinajstić information content (AvgIpc) is 3.95. The molecule has 0 spiro atoms. The lowest BCUT2D eigenvalue weighted by Gasteiger charge is -2.28. The summed E-state index contributed by atoms with van der Waals surface area (Å²) in [6.45, 7) is 26.8. The summed E-state index contributed by atoms with van der Waals surface area (Å²) in [6.07, 6.45) is 1.91. The third-order valence-corrected chi connectivity index (χ3v) is 14.0. The van der Waals surface area contributed by atoms with Gasteiger partial charge in [-0.25, -0.2) is 4.98 Å². The van der Waals surface area contributed by atoms with Gasteiger partial charge in [0.05, 0.1) is 28.0 Å². The molecule has 10 rings (SSSR count). The molecule has 1 N–H and O–H groups in total.